The molecule has 1 unspecified atom stereocenters. The molecule has 0 aromatic heterocycles. The van der Waals surface area contributed by atoms with Gasteiger partial charge in [-0.05, 0) is 56.3 Å². The van der Waals surface area contributed by atoms with Crippen molar-refractivity contribution >= 4 is 0 Å². The van der Waals surface area contributed by atoms with Gasteiger partial charge in [-0.3, -0.25) is 0 Å². The van der Waals surface area contributed by atoms with E-state index in [9.17, 15) is 0 Å². The third kappa shape index (κ3) is 2.08. The van der Waals surface area contributed by atoms with Crippen LogP contribution in [0.25, 0.3) is 0 Å². The minimum absolute atomic E-state index is 0.196. The second-order valence-corrected chi connectivity index (χ2v) is 5.90. The molecule has 1 atom stereocenters. The lowest BCUT2D eigenvalue weighted by Crippen LogP contribution is -2.52. The maximum atomic E-state index is 5.74. The van der Waals surface area contributed by atoms with Crippen LogP contribution >= 0.6 is 0 Å². The van der Waals surface area contributed by atoms with Crippen LogP contribution < -0.4 is 5.73 Å². The lowest BCUT2D eigenvalue weighted by molar-refractivity contribution is -0.0889. The Bertz CT molecular complexity index is 412. The van der Waals surface area contributed by atoms with Gasteiger partial charge in [0.1, 0.15) is 0 Å². The van der Waals surface area contributed by atoms with E-state index in [2.05, 4.69) is 39.8 Å². The zero-order chi connectivity index (χ0) is 13.3. The molecule has 0 bridgehead atoms. The van der Waals surface area contributed by atoms with Crippen molar-refractivity contribution in [2.75, 3.05) is 19.8 Å². The van der Waals surface area contributed by atoms with E-state index in [1.165, 1.54) is 22.3 Å². The number of benzene rings is 1. The first-order valence-corrected chi connectivity index (χ1v) is 6.87. The summed E-state index contributed by atoms with van der Waals surface area (Å²) in [4.78, 5) is 0. The quantitative estimate of drug-likeness (QED) is 0.888. The monoisotopic (exact) mass is 247 g/mol. The van der Waals surface area contributed by atoms with Crippen LogP contribution in [-0.2, 0) is 10.2 Å². The van der Waals surface area contributed by atoms with Gasteiger partial charge in [0.2, 0.25) is 0 Å². The highest BCUT2D eigenvalue weighted by Crippen LogP contribution is 2.43. The summed E-state index contributed by atoms with van der Waals surface area (Å²) in [6, 6.07) is 4.58. The zero-order valence-corrected chi connectivity index (χ0v) is 12.0. The van der Waals surface area contributed by atoms with Gasteiger partial charge in [-0.2, -0.15) is 0 Å². The summed E-state index contributed by atoms with van der Waals surface area (Å²) < 4.78 is 5.56. The number of aryl methyl sites for hydroxylation is 3. The average molecular weight is 247 g/mol. The fraction of sp³-hybridized carbons (Fsp3) is 0.625. The largest absolute Gasteiger partial charge is 0.379 e. The van der Waals surface area contributed by atoms with Crippen molar-refractivity contribution in [3.63, 3.8) is 0 Å². The highest BCUT2D eigenvalue weighted by atomic mass is 16.5. The Labute approximate surface area is 111 Å². The standard InChI is InChI=1S/C16H25NO/c1-11-7-12(2)15(13(3)8-11)16(9-18-10-16)14(4)5-6-17/h7-8,14H,5-6,9-10,17H2,1-4H3. The summed E-state index contributed by atoms with van der Waals surface area (Å²) in [6.07, 6.45) is 1.07. The molecule has 2 nitrogen and oxygen atoms in total. The van der Waals surface area contributed by atoms with Crippen LogP contribution in [0.3, 0.4) is 0 Å². The molecule has 0 amide bonds. The van der Waals surface area contributed by atoms with Crippen LogP contribution in [0.2, 0.25) is 0 Å². The van der Waals surface area contributed by atoms with Gasteiger partial charge in [-0.25, -0.2) is 0 Å². The van der Waals surface area contributed by atoms with Gasteiger partial charge in [0.25, 0.3) is 0 Å². The molecule has 2 N–H and O–H groups in total. The van der Waals surface area contributed by atoms with Crippen LogP contribution in [0.5, 0.6) is 0 Å². The van der Waals surface area contributed by atoms with Crippen molar-refractivity contribution < 1.29 is 4.74 Å². The molecular formula is C16H25NO. The van der Waals surface area contributed by atoms with E-state index in [1.54, 1.807) is 0 Å². The molecule has 1 aromatic rings. The maximum Gasteiger partial charge on any atom is 0.0588 e. The van der Waals surface area contributed by atoms with Gasteiger partial charge in [-0.15, -0.1) is 0 Å². The van der Waals surface area contributed by atoms with E-state index in [-0.39, 0.29) is 5.41 Å². The van der Waals surface area contributed by atoms with Gasteiger partial charge in [0.05, 0.1) is 13.2 Å². The SMILES string of the molecule is Cc1cc(C)c(C2(C(C)CCN)COC2)c(C)c1. The second kappa shape index (κ2) is 5.02. The van der Waals surface area contributed by atoms with Crippen LogP contribution in [0.4, 0.5) is 0 Å². The second-order valence-electron chi connectivity index (χ2n) is 5.90. The number of rotatable bonds is 4. The fourth-order valence-electron chi connectivity index (χ4n) is 3.49. The Kier molecular flexibility index (Phi) is 3.79. The highest BCUT2D eigenvalue weighted by Gasteiger charge is 2.46. The third-order valence-electron chi connectivity index (χ3n) is 4.44. The number of hydrogen-bond donors (Lipinski definition) is 1. The van der Waals surface area contributed by atoms with Gasteiger partial charge in [-0.1, -0.05) is 24.6 Å². The average Bonchev–Trinajstić information content (AvgIpc) is 2.20. The molecular weight excluding hydrogens is 222 g/mol. The van der Waals surface area contributed by atoms with Crippen molar-refractivity contribution in [3.05, 3.63) is 34.4 Å². The van der Waals surface area contributed by atoms with Crippen molar-refractivity contribution in [3.8, 4) is 0 Å². The summed E-state index contributed by atoms with van der Waals surface area (Å²) in [5, 5.41) is 0. The van der Waals surface area contributed by atoms with E-state index in [1.807, 2.05) is 0 Å². The first kappa shape index (κ1) is 13.6. The molecule has 1 fully saturated rings. The molecule has 1 aliphatic heterocycles. The van der Waals surface area contributed by atoms with E-state index >= 15 is 0 Å². The Morgan fingerprint density at radius 1 is 1.22 bits per heavy atom. The molecule has 0 aliphatic carbocycles. The highest BCUT2D eigenvalue weighted by molar-refractivity contribution is 5.44. The smallest absolute Gasteiger partial charge is 0.0588 e. The third-order valence-corrected chi connectivity index (χ3v) is 4.44. The van der Waals surface area contributed by atoms with E-state index in [4.69, 9.17) is 10.5 Å². The summed E-state index contributed by atoms with van der Waals surface area (Å²) in [7, 11) is 0. The number of ether oxygens (including phenoxy) is 1. The maximum absolute atomic E-state index is 5.74. The summed E-state index contributed by atoms with van der Waals surface area (Å²) in [5.41, 5.74) is 11.6. The molecule has 1 heterocycles. The summed E-state index contributed by atoms with van der Waals surface area (Å²) in [5.74, 6) is 0.580. The van der Waals surface area contributed by atoms with Crippen LogP contribution in [0, 0.1) is 26.7 Å². The number of hydrogen-bond acceptors (Lipinski definition) is 2. The summed E-state index contributed by atoms with van der Waals surface area (Å²) in [6.45, 7) is 11.4. The molecule has 2 rings (SSSR count). The molecule has 100 valence electrons. The van der Waals surface area contributed by atoms with E-state index < -0.39 is 0 Å². The fourth-order valence-corrected chi connectivity index (χ4v) is 3.49. The summed E-state index contributed by atoms with van der Waals surface area (Å²) >= 11 is 0. The molecule has 1 aromatic carbocycles. The lowest BCUT2D eigenvalue weighted by atomic mass is 9.65. The minimum Gasteiger partial charge on any atom is -0.379 e. The topological polar surface area (TPSA) is 35.2 Å². The van der Waals surface area contributed by atoms with E-state index in [0.29, 0.717) is 5.92 Å². The van der Waals surface area contributed by atoms with Crippen molar-refractivity contribution in [2.24, 2.45) is 11.7 Å². The normalized spacial score (nSPS) is 19.4. The van der Waals surface area contributed by atoms with Crippen molar-refractivity contribution in [1.82, 2.24) is 0 Å². The Hall–Kier alpha value is -0.860. The Morgan fingerprint density at radius 3 is 2.17 bits per heavy atom. The first-order valence-electron chi connectivity index (χ1n) is 6.87. The zero-order valence-electron chi connectivity index (χ0n) is 12.0. The molecule has 2 heteroatoms. The van der Waals surface area contributed by atoms with Gasteiger partial charge >= 0.3 is 0 Å². The predicted octanol–water partition coefficient (Wildman–Crippen LogP) is 2.86. The van der Waals surface area contributed by atoms with Crippen LogP contribution in [0.1, 0.15) is 35.6 Å². The Balaban J connectivity index is 2.45. The van der Waals surface area contributed by atoms with Crippen molar-refractivity contribution in [1.29, 1.82) is 0 Å². The minimum atomic E-state index is 0.196. The molecule has 0 saturated carbocycles. The van der Waals surface area contributed by atoms with Crippen LogP contribution in [0.15, 0.2) is 12.1 Å². The first-order chi connectivity index (χ1) is 8.51. The molecule has 1 saturated heterocycles. The number of nitrogens with two attached hydrogens (primary N) is 1. The van der Waals surface area contributed by atoms with Crippen molar-refractivity contribution in [2.45, 2.75) is 39.5 Å². The molecule has 0 spiro atoms. The lowest BCUT2D eigenvalue weighted by Gasteiger charge is -2.48. The Morgan fingerprint density at radius 2 is 1.78 bits per heavy atom. The molecule has 18 heavy (non-hydrogen) atoms. The van der Waals surface area contributed by atoms with Gasteiger partial charge < -0.3 is 10.5 Å². The predicted molar refractivity (Wildman–Crippen MR) is 76.0 cm³/mol. The van der Waals surface area contributed by atoms with Crippen LogP contribution in [-0.4, -0.2) is 19.8 Å². The van der Waals surface area contributed by atoms with E-state index in [0.717, 1.165) is 26.2 Å². The van der Waals surface area contributed by atoms with Gasteiger partial charge in [0, 0.05) is 5.41 Å². The molecule has 0 radical (unpaired) electrons. The molecule has 1 aliphatic rings. The van der Waals surface area contributed by atoms with Gasteiger partial charge in [0.15, 0.2) is 0 Å².